The minimum absolute atomic E-state index is 0.0300. The first-order valence-corrected chi connectivity index (χ1v) is 11.9. The minimum atomic E-state index is -0.546. The molecular formula is C23H29N7O3S. The van der Waals surface area contributed by atoms with Crippen LogP contribution in [0.15, 0.2) is 47.1 Å². The van der Waals surface area contributed by atoms with E-state index in [-0.39, 0.29) is 11.8 Å². The van der Waals surface area contributed by atoms with Gasteiger partial charge in [-0.05, 0) is 30.3 Å². The molecule has 10 nitrogen and oxygen atoms in total. The van der Waals surface area contributed by atoms with Gasteiger partial charge in [-0.1, -0.05) is 26.0 Å². The number of carbonyl (C=O) groups excluding carboxylic acids is 1. The molecule has 1 aromatic carbocycles. The monoisotopic (exact) mass is 483 g/mol. The molecule has 0 aliphatic carbocycles. The van der Waals surface area contributed by atoms with Crippen LogP contribution in [0.1, 0.15) is 32.1 Å². The van der Waals surface area contributed by atoms with Crippen molar-refractivity contribution in [2.45, 2.75) is 38.3 Å². The van der Waals surface area contributed by atoms with Crippen LogP contribution in [-0.4, -0.2) is 46.1 Å². The summed E-state index contributed by atoms with van der Waals surface area (Å²) >= 11 is 1.34. The van der Waals surface area contributed by atoms with E-state index < -0.39 is 6.29 Å². The van der Waals surface area contributed by atoms with E-state index in [1.165, 1.54) is 18.1 Å². The molecule has 180 valence electrons. The Morgan fingerprint density at radius 3 is 2.85 bits per heavy atom. The third kappa shape index (κ3) is 5.04. The van der Waals surface area contributed by atoms with E-state index in [9.17, 15) is 4.79 Å². The predicted octanol–water partition coefficient (Wildman–Crippen LogP) is 3.27. The zero-order valence-corrected chi connectivity index (χ0v) is 20.5. The van der Waals surface area contributed by atoms with Crippen molar-refractivity contribution in [2.75, 3.05) is 31.3 Å². The molecule has 1 amide bonds. The highest BCUT2D eigenvalue weighted by Gasteiger charge is 2.27. The topological polar surface area (TPSA) is 120 Å². The summed E-state index contributed by atoms with van der Waals surface area (Å²) in [5, 5.41) is 4.18. The largest absolute Gasteiger partial charge is 0.454 e. The lowest BCUT2D eigenvalue weighted by molar-refractivity contribution is -0.123. The number of carbonyl (C=O) groups is 1. The van der Waals surface area contributed by atoms with Crippen LogP contribution in [0.2, 0.25) is 0 Å². The third-order valence-electron chi connectivity index (χ3n) is 5.28. The lowest BCUT2D eigenvalue weighted by atomic mass is 10.1. The van der Waals surface area contributed by atoms with Crippen LogP contribution in [0.5, 0.6) is 0 Å². The second kappa shape index (κ2) is 10.2. The zero-order valence-electron chi connectivity index (χ0n) is 19.7. The maximum Gasteiger partial charge on any atom is 0.269 e. The number of nitrogens with one attached hydrogen (secondary N) is 1. The molecule has 0 bridgehead atoms. The van der Waals surface area contributed by atoms with E-state index in [2.05, 4.69) is 20.3 Å². The summed E-state index contributed by atoms with van der Waals surface area (Å²) in [6, 6.07) is 7.94. The molecule has 1 unspecified atom stereocenters. The number of benzene rings is 1. The van der Waals surface area contributed by atoms with Gasteiger partial charge in [-0.15, -0.1) is 0 Å². The fraction of sp³-hybridized carbons (Fsp3) is 0.391. The molecule has 4 rings (SSSR count). The number of nitrogens with zero attached hydrogens (tertiary/aromatic N) is 5. The molecule has 0 saturated carbocycles. The third-order valence-corrected chi connectivity index (χ3v) is 6.17. The number of hydrogen-bond donors (Lipinski definition) is 2. The molecule has 1 atom stereocenters. The molecule has 2 aromatic heterocycles. The van der Waals surface area contributed by atoms with Crippen LogP contribution >= 0.6 is 11.8 Å². The summed E-state index contributed by atoms with van der Waals surface area (Å²) in [4.78, 5) is 27.0. The highest BCUT2D eigenvalue weighted by molar-refractivity contribution is 8.02. The van der Waals surface area contributed by atoms with Gasteiger partial charge in [-0.3, -0.25) is 4.79 Å². The Labute approximate surface area is 202 Å². The Morgan fingerprint density at radius 1 is 1.29 bits per heavy atom. The first-order chi connectivity index (χ1) is 16.3. The Morgan fingerprint density at radius 2 is 2.09 bits per heavy atom. The van der Waals surface area contributed by atoms with Gasteiger partial charge < -0.3 is 30.0 Å². The molecule has 1 aliphatic heterocycles. The van der Waals surface area contributed by atoms with E-state index in [1.807, 2.05) is 61.7 Å². The second-order valence-corrected chi connectivity index (χ2v) is 9.33. The predicted molar refractivity (Wildman–Crippen MR) is 132 cm³/mol. The molecule has 3 aromatic rings. The summed E-state index contributed by atoms with van der Waals surface area (Å²) in [5.74, 6) is 0.293. The van der Waals surface area contributed by atoms with Crippen LogP contribution in [0, 0.1) is 5.92 Å². The fourth-order valence-corrected chi connectivity index (χ4v) is 4.36. The quantitative estimate of drug-likeness (QED) is 0.442. The number of para-hydroxylation sites is 1. The Hall–Kier alpha value is -3.47. The first-order valence-electron chi connectivity index (χ1n) is 11.1. The average Bonchev–Trinajstić information content (AvgIpc) is 3.42. The van der Waals surface area contributed by atoms with Crippen molar-refractivity contribution < 1.29 is 14.3 Å². The lowest BCUT2D eigenvalue weighted by Gasteiger charge is -2.20. The van der Waals surface area contributed by atoms with Crippen LogP contribution in [0.3, 0.4) is 0 Å². The fourth-order valence-electron chi connectivity index (χ4n) is 3.51. The number of aryl methyl sites for hydroxylation is 1. The molecule has 0 fully saturated rings. The molecule has 1 aliphatic rings. The molecule has 34 heavy (non-hydrogen) atoms. The highest BCUT2D eigenvalue weighted by atomic mass is 32.2. The van der Waals surface area contributed by atoms with Crippen molar-refractivity contribution in [2.24, 2.45) is 5.92 Å². The number of aromatic nitrogens is 4. The van der Waals surface area contributed by atoms with Crippen LogP contribution in [0.4, 0.5) is 11.5 Å². The number of amides is 1. The van der Waals surface area contributed by atoms with Crippen molar-refractivity contribution >= 4 is 40.3 Å². The standard InChI is InChI=1S/C23H29N7O3S/c1-14(2)21(31)25-10-7-11-30-20-18(19(24)26-13-27-20)28-23(30)34-17-12-32-22(33-17)15-8-5-6-9-16(15)29(3)4/h5-6,8-9,12-14,22H,7,10-11H2,1-4H3,(H,25,31)(H2,24,26,27). The number of ether oxygens (including phenoxy) is 2. The van der Waals surface area contributed by atoms with Gasteiger partial charge in [0.25, 0.3) is 6.29 Å². The smallest absolute Gasteiger partial charge is 0.269 e. The van der Waals surface area contributed by atoms with Gasteiger partial charge in [0.15, 0.2) is 22.1 Å². The summed E-state index contributed by atoms with van der Waals surface area (Å²) in [7, 11) is 3.96. The van der Waals surface area contributed by atoms with Gasteiger partial charge in [0, 0.05) is 38.8 Å². The summed E-state index contributed by atoms with van der Waals surface area (Å²) in [5.41, 5.74) is 9.17. The number of nitrogen functional groups attached to an aromatic ring is 1. The lowest BCUT2D eigenvalue weighted by Crippen LogP contribution is -2.29. The summed E-state index contributed by atoms with van der Waals surface area (Å²) < 4.78 is 13.9. The zero-order chi connectivity index (χ0) is 24.2. The number of imidazole rings is 1. The van der Waals surface area contributed by atoms with Crippen molar-refractivity contribution in [3.63, 3.8) is 0 Å². The van der Waals surface area contributed by atoms with E-state index >= 15 is 0 Å². The van der Waals surface area contributed by atoms with Crippen LogP contribution in [0.25, 0.3) is 11.2 Å². The number of fused-ring (bicyclic) bond motifs is 1. The Bertz CT molecular complexity index is 1210. The molecule has 0 saturated heterocycles. The Balaban J connectivity index is 1.50. The number of thioether (sulfide) groups is 1. The van der Waals surface area contributed by atoms with Crippen LogP contribution in [-0.2, 0) is 20.8 Å². The van der Waals surface area contributed by atoms with E-state index in [0.29, 0.717) is 46.7 Å². The van der Waals surface area contributed by atoms with Crippen molar-refractivity contribution in [3.05, 3.63) is 47.5 Å². The van der Waals surface area contributed by atoms with E-state index in [4.69, 9.17) is 15.2 Å². The van der Waals surface area contributed by atoms with Crippen LogP contribution < -0.4 is 16.0 Å². The summed E-state index contributed by atoms with van der Waals surface area (Å²) in [6.45, 7) is 4.88. The molecule has 3 N–H and O–H groups in total. The average molecular weight is 484 g/mol. The van der Waals surface area contributed by atoms with Crippen molar-refractivity contribution in [3.8, 4) is 0 Å². The Kier molecular flexibility index (Phi) is 7.11. The van der Waals surface area contributed by atoms with Gasteiger partial charge in [0.1, 0.15) is 12.6 Å². The first kappa shape index (κ1) is 23.7. The molecule has 0 spiro atoms. The molecule has 0 radical (unpaired) electrons. The normalized spacial score (nSPS) is 15.2. The maximum absolute atomic E-state index is 11.9. The van der Waals surface area contributed by atoms with Gasteiger partial charge in [-0.2, -0.15) is 0 Å². The van der Waals surface area contributed by atoms with Crippen molar-refractivity contribution in [1.82, 2.24) is 24.8 Å². The highest BCUT2D eigenvalue weighted by Crippen LogP contribution is 2.40. The van der Waals surface area contributed by atoms with Gasteiger partial charge in [0.05, 0.1) is 5.56 Å². The van der Waals surface area contributed by atoms with Crippen molar-refractivity contribution in [1.29, 1.82) is 0 Å². The molecular weight excluding hydrogens is 454 g/mol. The van der Waals surface area contributed by atoms with Gasteiger partial charge in [-0.25, -0.2) is 15.0 Å². The maximum atomic E-state index is 11.9. The molecule has 11 heteroatoms. The minimum Gasteiger partial charge on any atom is -0.454 e. The number of anilines is 2. The number of nitrogens with two attached hydrogens (primary N) is 1. The SMILES string of the molecule is CC(C)C(=O)NCCCn1c(SC2=COC(c3ccccc3N(C)C)O2)nc2c(N)ncnc21. The van der Waals surface area contributed by atoms with Gasteiger partial charge in [0.2, 0.25) is 11.0 Å². The number of rotatable bonds is 9. The second-order valence-electron chi connectivity index (χ2n) is 8.35. The summed E-state index contributed by atoms with van der Waals surface area (Å²) in [6.07, 6.45) is 3.18. The van der Waals surface area contributed by atoms with E-state index in [0.717, 1.165) is 11.3 Å². The van der Waals surface area contributed by atoms with E-state index in [1.54, 1.807) is 6.26 Å². The molecule has 3 heterocycles. The number of hydrogen-bond acceptors (Lipinski definition) is 9. The van der Waals surface area contributed by atoms with Gasteiger partial charge >= 0.3 is 0 Å².